The van der Waals surface area contributed by atoms with Gasteiger partial charge in [0, 0.05) is 44.0 Å². The number of ether oxygens (including phenoxy) is 2. The molecule has 2 aliphatic rings. The Kier molecular flexibility index (Phi) is 12.9. The summed E-state index contributed by atoms with van der Waals surface area (Å²) in [5.74, 6) is -0.448. The average Bonchev–Trinajstić information content (AvgIpc) is 3.57. The van der Waals surface area contributed by atoms with E-state index in [4.69, 9.17) is 14.7 Å². The first kappa shape index (κ1) is 34.7. The van der Waals surface area contributed by atoms with Gasteiger partial charge in [0.2, 0.25) is 11.8 Å². The molecule has 0 radical (unpaired) electrons. The normalized spacial score (nSPS) is 21.4. The van der Waals surface area contributed by atoms with Crippen molar-refractivity contribution in [2.75, 3.05) is 19.7 Å². The smallest absolute Gasteiger partial charge is 0.243 e. The number of benzene rings is 3. The molecule has 5 rings (SSSR count). The first-order valence-electron chi connectivity index (χ1n) is 16.7. The summed E-state index contributed by atoms with van der Waals surface area (Å²) < 4.78 is 13.2. The van der Waals surface area contributed by atoms with Gasteiger partial charge in [-0.15, -0.1) is 0 Å². The summed E-state index contributed by atoms with van der Waals surface area (Å²) in [6, 6.07) is 24.3. The highest BCUT2D eigenvalue weighted by atomic mass is 16.7. The van der Waals surface area contributed by atoms with Crippen LogP contribution in [0.15, 0.2) is 72.8 Å². The molecule has 0 aliphatic carbocycles. The van der Waals surface area contributed by atoms with Crippen LogP contribution < -0.4 is 10.8 Å². The van der Waals surface area contributed by atoms with Crippen LogP contribution in [0.1, 0.15) is 86.0 Å². The SMILES string of the molecule is O=C(CCCCCC(=O)NCc1cccc(-c2cccc([C@H]3O[C@@H](CN4CCC[C@H]4CO)C[C@@H](c4ccc(CO)cc4)O3)c2)c1)NO. The fourth-order valence-electron chi connectivity index (χ4n) is 6.46. The van der Waals surface area contributed by atoms with Crippen molar-refractivity contribution in [3.63, 3.8) is 0 Å². The summed E-state index contributed by atoms with van der Waals surface area (Å²) in [5, 5.41) is 31.0. The Morgan fingerprint density at radius 1 is 0.830 bits per heavy atom. The fraction of sp³-hybridized carbons (Fsp3) is 0.459. The molecule has 2 aliphatic heterocycles. The first-order chi connectivity index (χ1) is 22.9. The highest BCUT2D eigenvalue weighted by Gasteiger charge is 2.35. The quantitative estimate of drug-likeness (QED) is 0.0892. The molecule has 0 aromatic heterocycles. The molecule has 10 nitrogen and oxygen atoms in total. The third-order valence-corrected chi connectivity index (χ3v) is 9.10. The second-order valence-corrected chi connectivity index (χ2v) is 12.5. The maximum Gasteiger partial charge on any atom is 0.243 e. The van der Waals surface area contributed by atoms with Crippen LogP contribution in [0.5, 0.6) is 0 Å². The number of aliphatic hydroxyl groups is 2. The number of nitrogens with one attached hydrogen (secondary N) is 2. The van der Waals surface area contributed by atoms with Crippen molar-refractivity contribution in [1.82, 2.24) is 15.7 Å². The van der Waals surface area contributed by atoms with E-state index in [9.17, 15) is 19.8 Å². The zero-order valence-electron chi connectivity index (χ0n) is 26.9. The lowest BCUT2D eigenvalue weighted by Gasteiger charge is -2.38. The molecular formula is C37H47N3O7. The molecule has 252 valence electrons. The van der Waals surface area contributed by atoms with E-state index in [0.29, 0.717) is 32.2 Å². The first-order valence-corrected chi connectivity index (χ1v) is 16.7. The Labute approximate surface area is 276 Å². The molecule has 2 saturated heterocycles. The summed E-state index contributed by atoms with van der Waals surface area (Å²) in [6.07, 6.45) is 4.58. The van der Waals surface area contributed by atoms with E-state index < -0.39 is 12.2 Å². The van der Waals surface area contributed by atoms with Gasteiger partial charge in [-0.2, -0.15) is 0 Å². The van der Waals surface area contributed by atoms with Crippen molar-refractivity contribution in [1.29, 1.82) is 0 Å². The second kappa shape index (κ2) is 17.5. The molecule has 0 saturated carbocycles. The van der Waals surface area contributed by atoms with E-state index >= 15 is 0 Å². The monoisotopic (exact) mass is 645 g/mol. The van der Waals surface area contributed by atoms with Crippen LogP contribution in [0.4, 0.5) is 0 Å². The Hall–Kier alpha value is -3.64. The van der Waals surface area contributed by atoms with E-state index in [1.165, 1.54) is 0 Å². The van der Waals surface area contributed by atoms with Gasteiger partial charge < -0.3 is 25.0 Å². The van der Waals surface area contributed by atoms with Gasteiger partial charge in [-0.3, -0.25) is 19.7 Å². The van der Waals surface area contributed by atoms with Gasteiger partial charge in [0.25, 0.3) is 0 Å². The predicted octanol–water partition coefficient (Wildman–Crippen LogP) is 4.92. The number of nitrogens with zero attached hydrogens (tertiary/aromatic N) is 1. The Morgan fingerprint density at radius 2 is 1.57 bits per heavy atom. The van der Waals surface area contributed by atoms with Crippen molar-refractivity contribution in [2.24, 2.45) is 0 Å². The second-order valence-electron chi connectivity index (χ2n) is 12.5. The summed E-state index contributed by atoms with van der Waals surface area (Å²) in [4.78, 5) is 25.8. The number of likely N-dealkylation sites (tertiary alicyclic amines) is 1. The summed E-state index contributed by atoms with van der Waals surface area (Å²) in [6.45, 7) is 2.23. The Bertz CT molecular complexity index is 1450. The number of hydrogen-bond donors (Lipinski definition) is 5. The molecule has 3 aromatic rings. The molecule has 0 spiro atoms. The maximum absolute atomic E-state index is 12.4. The van der Waals surface area contributed by atoms with Gasteiger partial charge in [-0.1, -0.05) is 67.1 Å². The molecule has 0 bridgehead atoms. The van der Waals surface area contributed by atoms with Crippen molar-refractivity contribution < 1.29 is 34.5 Å². The highest BCUT2D eigenvalue weighted by Crippen LogP contribution is 2.39. The minimum atomic E-state index is -0.577. The minimum Gasteiger partial charge on any atom is -0.395 e. The van der Waals surface area contributed by atoms with E-state index in [1.54, 1.807) is 5.48 Å². The average molecular weight is 646 g/mol. The van der Waals surface area contributed by atoms with E-state index in [1.807, 2.05) is 54.6 Å². The van der Waals surface area contributed by atoms with Gasteiger partial charge >= 0.3 is 0 Å². The number of hydrogen-bond acceptors (Lipinski definition) is 8. The number of carbonyl (C=O) groups excluding carboxylic acids is 2. The lowest BCUT2D eigenvalue weighted by molar-refractivity contribution is -0.253. The Morgan fingerprint density at radius 3 is 2.32 bits per heavy atom. The van der Waals surface area contributed by atoms with E-state index in [0.717, 1.165) is 65.7 Å². The molecule has 47 heavy (non-hydrogen) atoms. The minimum absolute atomic E-state index is 0.00686. The molecule has 3 aromatic carbocycles. The fourth-order valence-corrected chi connectivity index (χ4v) is 6.46. The lowest BCUT2D eigenvalue weighted by atomic mass is 9.98. The number of rotatable bonds is 15. The van der Waals surface area contributed by atoms with Crippen LogP contribution in [0.25, 0.3) is 11.1 Å². The zero-order valence-corrected chi connectivity index (χ0v) is 26.9. The van der Waals surface area contributed by atoms with Gasteiger partial charge in [-0.25, -0.2) is 5.48 Å². The van der Waals surface area contributed by atoms with Crippen LogP contribution in [0, 0.1) is 0 Å². The van der Waals surface area contributed by atoms with Crippen LogP contribution in [0.2, 0.25) is 0 Å². The molecule has 2 amide bonds. The molecule has 5 N–H and O–H groups in total. The molecule has 10 heteroatoms. The summed E-state index contributed by atoms with van der Waals surface area (Å²) in [7, 11) is 0. The largest absolute Gasteiger partial charge is 0.395 e. The maximum atomic E-state index is 12.4. The standard InChI is InChI=1S/C37H47N3O7/c41-24-26-14-16-28(17-15-26)34-21-33(23-40-18-6-11-32(40)25-42)46-37(47-34)31-10-5-9-30(20-31)29-8-4-7-27(19-29)22-38-35(43)12-2-1-3-13-36(44)39-45/h4-5,7-10,14-17,19-20,32-34,37,41-42,45H,1-3,6,11-13,18,21-25H2,(H,38,43)(H,39,44)/t32-,33+,34-,37-/m0/s1. The predicted molar refractivity (Wildman–Crippen MR) is 177 cm³/mol. The molecular weight excluding hydrogens is 598 g/mol. The van der Waals surface area contributed by atoms with Crippen molar-refractivity contribution in [3.8, 4) is 11.1 Å². The highest BCUT2D eigenvalue weighted by molar-refractivity contribution is 5.76. The van der Waals surface area contributed by atoms with Gasteiger partial charge in [0.1, 0.15) is 0 Å². The summed E-state index contributed by atoms with van der Waals surface area (Å²) >= 11 is 0. The third kappa shape index (κ3) is 9.93. The van der Waals surface area contributed by atoms with Gasteiger partial charge in [0.15, 0.2) is 6.29 Å². The molecule has 4 atom stereocenters. The van der Waals surface area contributed by atoms with Crippen molar-refractivity contribution >= 4 is 11.8 Å². The molecule has 2 heterocycles. The number of hydroxylamine groups is 1. The van der Waals surface area contributed by atoms with Crippen molar-refractivity contribution in [2.45, 2.75) is 89.1 Å². The molecule has 0 unspecified atom stereocenters. The number of carbonyl (C=O) groups is 2. The number of unbranched alkanes of at least 4 members (excludes halogenated alkanes) is 2. The molecule has 2 fully saturated rings. The van der Waals surface area contributed by atoms with Gasteiger partial charge in [-0.05, 0) is 72.2 Å². The van der Waals surface area contributed by atoms with Crippen LogP contribution in [0.3, 0.4) is 0 Å². The lowest BCUT2D eigenvalue weighted by Crippen LogP contribution is -2.42. The van der Waals surface area contributed by atoms with Crippen LogP contribution in [-0.2, 0) is 32.2 Å². The van der Waals surface area contributed by atoms with Crippen LogP contribution in [-0.4, -0.2) is 64.0 Å². The zero-order chi connectivity index (χ0) is 33.0. The number of amides is 2. The third-order valence-electron chi connectivity index (χ3n) is 9.10. The van der Waals surface area contributed by atoms with E-state index in [2.05, 4.69) is 28.4 Å². The van der Waals surface area contributed by atoms with E-state index in [-0.39, 0.29) is 43.8 Å². The van der Waals surface area contributed by atoms with Crippen molar-refractivity contribution in [3.05, 3.63) is 95.1 Å². The summed E-state index contributed by atoms with van der Waals surface area (Å²) in [5.41, 5.74) is 7.46. The van der Waals surface area contributed by atoms with Crippen LogP contribution >= 0.6 is 0 Å². The topological polar surface area (TPSA) is 141 Å². The Balaban J connectivity index is 1.24. The van der Waals surface area contributed by atoms with Gasteiger partial charge in [0.05, 0.1) is 25.4 Å². The number of aliphatic hydroxyl groups excluding tert-OH is 2.